The third-order valence-electron chi connectivity index (χ3n) is 6.35. The van der Waals surface area contributed by atoms with Crippen molar-refractivity contribution in [3.05, 3.63) is 0 Å². The van der Waals surface area contributed by atoms with E-state index in [0.717, 1.165) is 37.6 Å². The minimum absolute atomic E-state index is 0.184. The lowest BCUT2D eigenvalue weighted by molar-refractivity contribution is -0.0668. The van der Waals surface area contributed by atoms with Crippen LogP contribution in [0.3, 0.4) is 0 Å². The van der Waals surface area contributed by atoms with Gasteiger partial charge in [0.1, 0.15) is 0 Å². The van der Waals surface area contributed by atoms with E-state index < -0.39 is 0 Å². The molecular weight excluding hydrogens is 272 g/mol. The Kier molecular flexibility index (Phi) is 4.17. The first-order valence-electron chi connectivity index (χ1n) is 9.15. The van der Waals surface area contributed by atoms with Gasteiger partial charge in [0, 0.05) is 43.2 Å². The number of rotatable bonds is 4. The van der Waals surface area contributed by atoms with Crippen LogP contribution in [0, 0.1) is 11.3 Å². The van der Waals surface area contributed by atoms with E-state index in [4.69, 9.17) is 4.99 Å². The lowest BCUT2D eigenvalue weighted by Gasteiger charge is -2.62. The molecule has 3 fully saturated rings. The molecule has 0 bridgehead atoms. The van der Waals surface area contributed by atoms with Crippen LogP contribution in [0.25, 0.3) is 0 Å². The van der Waals surface area contributed by atoms with Crippen LogP contribution in [0.15, 0.2) is 4.99 Å². The minimum atomic E-state index is 0.184. The van der Waals surface area contributed by atoms with Crippen molar-refractivity contribution < 1.29 is 0 Å². The predicted octanol–water partition coefficient (Wildman–Crippen LogP) is 2.56. The monoisotopic (exact) mass is 306 g/mol. The molecule has 1 unspecified atom stereocenters. The van der Waals surface area contributed by atoms with E-state index in [9.17, 15) is 0 Å². The summed E-state index contributed by atoms with van der Waals surface area (Å²) in [6.45, 7) is 17.2. The number of guanidine groups is 1. The molecule has 126 valence electrons. The Morgan fingerprint density at radius 3 is 2.45 bits per heavy atom. The number of aliphatic imine (C=N–C) groups is 1. The Morgan fingerprint density at radius 2 is 1.91 bits per heavy atom. The fourth-order valence-corrected chi connectivity index (χ4v) is 3.79. The van der Waals surface area contributed by atoms with Gasteiger partial charge in [-0.15, -0.1) is 0 Å². The van der Waals surface area contributed by atoms with E-state index in [1.807, 2.05) is 0 Å². The molecule has 1 aliphatic carbocycles. The van der Waals surface area contributed by atoms with Crippen molar-refractivity contribution in [1.82, 2.24) is 15.1 Å². The first kappa shape index (κ1) is 16.1. The zero-order valence-electron chi connectivity index (χ0n) is 15.2. The average molecular weight is 306 g/mol. The van der Waals surface area contributed by atoms with Crippen LogP contribution in [0.1, 0.15) is 53.9 Å². The van der Waals surface area contributed by atoms with Crippen LogP contribution in [-0.4, -0.2) is 60.1 Å². The van der Waals surface area contributed by atoms with E-state index in [1.165, 1.54) is 32.4 Å². The van der Waals surface area contributed by atoms with Crippen molar-refractivity contribution in [2.45, 2.75) is 65.5 Å². The molecular formula is C18H34N4. The van der Waals surface area contributed by atoms with Gasteiger partial charge in [0.25, 0.3) is 0 Å². The van der Waals surface area contributed by atoms with Gasteiger partial charge in [-0.25, -0.2) is 0 Å². The molecule has 0 aromatic rings. The second-order valence-corrected chi connectivity index (χ2v) is 8.60. The number of likely N-dealkylation sites (tertiary alicyclic amines) is 2. The first-order chi connectivity index (χ1) is 10.3. The molecule has 0 spiro atoms. The number of hydrogen-bond donors (Lipinski definition) is 1. The molecule has 22 heavy (non-hydrogen) atoms. The maximum Gasteiger partial charge on any atom is 0.194 e. The average Bonchev–Trinajstić information content (AvgIpc) is 3.20. The minimum Gasteiger partial charge on any atom is -0.356 e. The van der Waals surface area contributed by atoms with E-state index in [0.29, 0.717) is 5.41 Å². The second-order valence-electron chi connectivity index (χ2n) is 8.60. The molecule has 3 aliphatic rings. The lowest BCUT2D eigenvalue weighted by Crippen LogP contribution is -2.72. The Balaban J connectivity index is 1.59. The second kappa shape index (κ2) is 5.70. The van der Waals surface area contributed by atoms with Crippen molar-refractivity contribution in [3.63, 3.8) is 0 Å². The number of nitrogens with zero attached hydrogens (tertiary/aromatic N) is 3. The lowest BCUT2D eigenvalue weighted by atomic mass is 9.65. The maximum absolute atomic E-state index is 5.00. The zero-order valence-corrected chi connectivity index (χ0v) is 15.2. The van der Waals surface area contributed by atoms with Crippen molar-refractivity contribution >= 4 is 5.96 Å². The molecule has 3 rings (SSSR count). The molecule has 2 saturated heterocycles. The Labute approximate surface area is 136 Å². The van der Waals surface area contributed by atoms with Gasteiger partial charge in [0.05, 0.1) is 0 Å². The Bertz CT molecular complexity index is 436. The summed E-state index contributed by atoms with van der Waals surface area (Å²) in [7, 11) is 0. The fourth-order valence-electron chi connectivity index (χ4n) is 3.79. The van der Waals surface area contributed by atoms with E-state index >= 15 is 0 Å². The smallest absolute Gasteiger partial charge is 0.194 e. The molecule has 0 radical (unpaired) electrons. The Hall–Kier alpha value is -0.770. The van der Waals surface area contributed by atoms with Crippen LogP contribution in [0.5, 0.6) is 0 Å². The summed E-state index contributed by atoms with van der Waals surface area (Å²) in [6, 6.07) is 0.914. The van der Waals surface area contributed by atoms with Crippen molar-refractivity contribution in [3.8, 4) is 0 Å². The molecule has 0 aromatic heterocycles. The maximum atomic E-state index is 5.00. The molecule has 1 atom stereocenters. The summed E-state index contributed by atoms with van der Waals surface area (Å²) in [5, 5.41) is 3.51. The molecule has 0 amide bonds. The van der Waals surface area contributed by atoms with Crippen molar-refractivity contribution in [2.75, 3.05) is 32.7 Å². The van der Waals surface area contributed by atoms with E-state index in [2.05, 4.69) is 49.7 Å². The molecule has 1 saturated carbocycles. The molecule has 2 aliphatic heterocycles. The van der Waals surface area contributed by atoms with Crippen LogP contribution in [0.2, 0.25) is 0 Å². The molecule has 1 N–H and O–H groups in total. The van der Waals surface area contributed by atoms with Crippen LogP contribution in [-0.2, 0) is 0 Å². The largest absolute Gasteiger partial charge is 0.356 e. The highest BCUT2D eigenvalue weighted by Crippen LogP contribution is 2.46. The topological polar surface area (TPSA) is 30.9 Å². The summed E-state index contributed by atoms with van der Waals surface area (Å²) >= 11 is 0. The fraction of sp³-hybridized carbons (Fsp3) is 0.944. The normalized spacial score (nSPS) is 31.2. The molecule has 0 aromatic carbocycles. The van der Waals surface area contributed by atoms with Crippen molar-refractivity contribution in [1.29, 1.82) is 0 Å². The highest BCUT2D eigenvalue weighted by Gasteiger charge is 2.53. The summed E-state index contributed by atoms with van der Waals surface area (Å²) < 4.78 is 0. The summed E-state index contributed by atoms with van der Waals surface area (Å²) in [4.78, 5) is 10.1. The molecule has 4 heteroatoms. The van der Waals surface area contributed by atoms with Gasteiger partial charge in [-0.2, -0.15) is 0 Å². The van der Waals surface area contributed by atoms with Crippen LogP contribution >= 0.6 is 0 Å². The quantitative estimate of drug-likeness (QED) is 0.640. The van der Waals surface area contributed by atoms with E-state index in [1.54, 1.807) is 0 Å². The SMILES string of the molecule is CCNC(=NCC1CCN(C2CC2)C1)N1CC(C)(C)C1(C)C. The number of nitrogens with one attached hydrogen (secondary N) is 1. The zero-order chi connectivity index (χ0) is 16.0. The summed E-state index contributed by atoms with van der Waals surface area (Å²) in [5.41, 5.74) is 0.545. The summed E-state index contributed by atoms with van der Waals surface area (Å²) in [5.74, 6) is 1.88. The third kappa shape index (κ3) is 2.86. The van der Waals surface area contributed by atoms with Gasteiger partial charge in [0.15, 0.2) is 5.96 Å². The Morgan fingerprint density at radius 1 is 1.18 bits per heavy atom. The van der Waals surface area contributed by atoms with Gasteiger partial charge in [-0.3, -0.25) is 4.99 Å². The summed E-state index contributed by atoms with van der Waals surface area (Å²) in [6.07, 6.45) is 4.18. The standard InChI is InChI=1S/C18H34N4/c1-6-19-16(22-13-17(2,3)18(22,4)5)20-11-14-9-10-21(12-14)15-7-8-15/h14-15H,6-13H2,1-5H3,(H,19,20). The number of hydrogen-bond acceptors (Lipinski definition) is 2. The highest BCUT2D eigenvalue weighted by molar-refractivity contribution is 5.82. The predicted molar refractivity (Wildman–Crippen MR) is 93.2 cm³/mol. The van der Waals surface area contributed by atoms with Gasteiger partial charge in [-0.05, 0) is 52.5 Å². The van der Waals surface area contributed by atoms with Gasteiger partial charge < -0.3 is 15.1 Å². The van der Waals surface area contributed by atoms with Crippen LogP contribution in [0.4, 0.5) is 0 Å². The molecule has 4 nitrogen and oxygen atoms in total. The van der Waals surface area contributed by atoms with Gasteiger partial charge in [0.2, 0.25) is 0 Å². The van der Waals surface area contributed by atoms with E-state index in [-0.39, 0.29) is 5.54 Å². The first-order valence-corrected chi connectivity index (χ1v) is 9.15. The molecule has 2 heterocycles. The highest BCUT2D eigenvalue weighted by atomic mass is 15.4. The van der Waals surface area contributed by atoms with Gasteiger partial charge >= 0.3 is 0 Å². The third-order valence-corrected chi connectivity index (χ3v) is 6.35. The van der Waals surface area contributed by atoms with Crippen molar-refractivity contribution in [2.24, 2.45) is 16.3 Å². The van der Waals surface area contributed by atoms with Gasteiger partial charge in [-0.1, -0.05) is 13.8 Å². The van der Waals surface area contributed by atoms with Crippen LogP contribution < -0.4 is 5.32 Å².